The molecular formula is C15H10ClF3N4. The van der Waals surface area contributed by atoms with Crippen molar-refractivity contribution < 1.29 is 13.2 Å². The standard InChI is InChI=1S/C15H10ClF3N4/c16-12-5-6-13(14-20-22-23-21-14)10(8-12)7-9-1-3-11(4-2-9)15(17,18)19/h1-6,8H,7H2,(H,20,21,22,23). The number of rotatable bonds is 3. The van der Waals surface area contributed by atoms with Gasteiger partial charge in [0.25, 0.3) is 0 Å². The number of hydrogen-bond acceptors (Lipinski definition) is 3. The van der Waals surface area contributed by atoms with Gasteiger partial charge in [0.05, 0.1) is 5.56 Å². The van der Waals surface area contributed by atoms with Gasteiger partial charge >= 0.3 is 6.18 Å². The van der Waals surface area contributed by atoms with Gasteiger partial charge in [0.1, 0.15) is 0 Å². The highest BCUT2D eigenvalue weighted by atomic mass is 35.5. The largest absolute Gasteiger partial charge is 0.416 e. The quantitative estimate of drug-likeness (QED) is 0.781. The Balaban J connectivity index is 1.92. The van der Waals surface area contributed by atoms with Crippen molar-refractivity contribution in [3.05, 3.63) is 64.2 Å². The molecule has 3 aromatic rings. The number of aromatic amines is 1. The highest BCUT2D eigenvalue weighted by molar-refractivity contribution is 6.30. The zero-order valence-corrected chi connectivity index (χ0v) is 12.4. The van der Waals surface area contributed by atoms with E-state index < -0.39 is 11.7 Å². The van der Waals surface area contributed by atoms with Gasteiger partial charge < -0.3 is 0 Å². The maximum atomic E-state index is 12.6. The van der Waals surface area contributed by atoms with Gasteiger partial charge in [-0.3, -0.25) is 0 Å². The lowest BCUT2D eigenvalue weighted by Gasteiger charge is -2.10. The first kappa shape index (κ1) is 15.5. The Bertz CT molecular complexity index is 799. The molecule has 1 aromatic heterocycles. The van der Waals surface area contributed by atoms with E-state index in [0.717, 1.165) is 28.8 Å². The third kappa shape index (κ3) is 3.50. The summed E-state index contributed by atoms with van der Waals surface area (Å²) in [4.78, 5) is 0. The Morgan fingerprint density at radius 2 is 1.78 bits per heavy atom. The Morgan fingerprint density at radius 3 is 2.39 bits per heavy atom. The van der Waals surface area contributed by atoms with Gasteiger partial charge in [0.2, 0.25) is 5.82 Å². The Morgan fingerprint density at radius 1 is 1.04 bits per heavy atom. The van der Waals surface area contributed by atoms with E-state index in [0.29, 0.717) is 17.3 Å². The van der Waals surface area contributed by atoms with Crippen LogP contribution in [0.1, 0.15) is 16.7 Å². The molecular weight excluding hydrogens is 329 g/mol. The van der Waals surface area contributed by atoms with Crippen molar-refractivity contribution in [2.45, 2.75) is 12.6 Å². The van der Waals surface area contributed by atoms with Gasteiger partial charge in [-0.1, -0.05) is 23.7 Å². The third-order valence-corrected chi connectivity index (χ3v) is 3.56. The first-order chi connectivity index (χ1) is 10.9. The molecule has 23 heavy (non-hydrogen) atoms. The SMILES string of the molecule is FC(F)(F)c1ccc(Cc2cc(Cl)ccc2-c2nn[nH]n2)cc1. The zero-order valence-electron chi connectivity index (χ0n) is 11.6. The summed E-state index contributed by atoms with van der Waals surface area (Å²) >= 11 is 6.02. The first-order valence-corrected chi connectivity index (χ1v) is 6.99. The van der Waals surface area contributed by atoms with Crippen molar-refractivity contribution in [2.24, 2.45) is 0 Å². The van der Waals surface area contributed by atoms with Crippen molar-refractivity contribution in [3.63, 3.8) is 0 Å². The molecule has 1 heterocycles. The number of aromatic nitrogens is 4. The Hall–Kier alpha value is -2.41. The fourth-order valence-electron chi connectivity index (χ4n) is 2.23. The molecule has 0 unspecified atom stereocenters. The average molecular weight is 339 g/mol. The van der Waals surface area contributed by atoms with Crippen LogP contribution in [0.5, 0.6) is 0 Å². The van der Waals surface area contributed by atoms with E-state index in [1.54, 1.807) is 18.2 Å². The van der Waals surface area contributed by atoms with Crippen LogP contribution in [-0.4, -0.2) is 20.6 Å². The van der Waals surface area contributed by atoms with Crippen LogP contribution >= 0.6 is 11.6 Å². The maximum absolute atomic E-state index is 12.6. The predicted molar refractivity (Wildman–Crippen MR) is 78.9 cm³/mol. The van der Waals surface area contributed by atoms with Gasteiger partial charge in [-0.15, -0.1) is 10.2 Å². The zero-order chi connectivity index (χ0) is 16.4. The van der Waals surface area contributed by atoms with Crippen LogP contribution in [-0.2, 0) is 12.6 Å². The van der Waals surface area contributed by atoms with E-state index in [1.807, 2.05) is 0 Å². The van der Waals surface area contributed by atoms with Crippen molar-refractivity contribution in [2.75, 3.05) is 0 Å². The first-order valence-electron chi connectivity index (χ1n) is 6.62. The maximum Gasteiger partial charge on any atom is 0.416 e. The molecule has 4 nitrogen and oxygen atoms in total. The molecule has 0 saturated carbocycles. The minimum Gasteiger partial charge on any atom is -0.177 e. The molecule has 0 aliphatic heterocycles. The van der Waals surface area contributed by atoms with E-state index in [-0.39, 0.29) is 0 Å². The topological polar surface area (TPSA) is 54.5 Å². The summed E-state index contributed by atoms with van der Waals surface area (Å²) in [7, 11) is 0. The second kappa shape index (κ2) is 6.00. The summed E-state index contributed by atoms with van der Waals surface area (Å²) < 4.78 is 37.8. The molecule has 0 bridgehead atoms. The summed E-state index contributed by atoms with van der Waals surface area (Å²) in [5.41, 5.74) is 1.58. The van der Waals surface area contributed by atoms with Crippen LogP contribution in [0.15, 0.2) is 42.5 Å². The number of nitrogens with zero attached hydrogens (tertiary/aromatic N) is 3. The predicted octanol–water partition coefficient (Wildman–Crippen LogP) is 4.13. The van der Waals surface area contributed by atoms with E-state index in [4.69, 9.17) is 11.6 Å². The van der Waals surface area contributed by atoms with Gasteiger partial charge in [-0.25, -0.2) is 0 Å². The van der Waals surface area contributed by atoms with E-state index in [2.05, 4.69) is 20.6 Å². The lowest BCUT2D eigenvalue weighted by Crippen LogP contribution is -2.04. The average Bonchev–Trinajstić information content (AvgIpc) is 3.01. The molecule has 1 N–H and O–H groups in total. The number of alkyl halides is 3. The molecule has 0 aliphatic rings. The van der Waals surface area contributed by atoms with Crippen molar-refractivity contribution >= 4 is 11.6 Å². The minimum atomic E-state index is -4.34. The number of benzene rings is 2. The van der Waals surface area contributed by atoms with Crippen molar-refractivity contribution in [1.29, 1.82) is 0 Å². The van der Waals surface area contributed by atoms with E-state index >= 15 is 0 Å². The molecule has 0 radical (unpaired) electrons. The van der Waals surface area contributed by atoms with Crippen molar-refractivity contribution in [1.82, 2.24) is 20.6 Å². The summed E-state index contributed by atoms with van der Waals surface area (Å²) in [6, 6.07) is 10.2. The summed E-state index contributed by atoms with van der Waals surface area (Å²) in [6.45, 7) is 0. The number of tetrazole rings is 1. The number of nitrogens with one attached hydrogen (secondary N) is 1. The summed E-state index contributed by atoms with van der Waals surface area (Å²) in [5, 5.41) is 14.3. The third-order valence-electron chi connectivity index (χ3n) is 3.33. The van der Waals surface area contributed by atoms with Gasteiger partial charge in [-0.05, 0) is 53.1 Å². The van der Waals surface area contributed by atoms with Crippen LogP contribution < -0.4 is 0 Å². The molecule has 0 fully saturated rings. The highest BCUT2D eigenvalue weighted by Crippen LogP contribution is 2.30. The second-order valence-corrected chi connectivity index (χ2v) is 5.34. The minimum absolute atomic E-state index is 0.405. The molecule has 8 heteroatoms. The molecule has 118 valence electrons. The highest BCUT2D eigenvalue weighted by Gasteiger charge is 2.29. The number of H-pyrrole nitrogens is 1. The fourth-order valence-corrected chi connectivity index (χ4v) is 2.43. The van der Waals surface area contributed by atoms with Crippen LogP contribution in [0.25, 0.3) is 11.4 Å². The number of hydrogen-bond donors (Lipinski definition) is 1. The summed E-state index contributed by atoms with van der Waals surface area (Å²) in [6.07, 6.45) is -3.94. The van der Waals surface area contributed by atoms with Gasteiger partial charge in [-0.2, -0.15) is 18.4 Å². The van der Waals surface area contributed by atoms with Crippen molar-refractivity contribution in [3.8, 4) is 11.4 Å². The smallest absolute Gasteiger partial charge is 0.177 e. The molecule has 0 aliphatic carbocycles. The number of halogens is 4. The molecule has 0 spiro atoms. The Kier molecular flexibility index (Phi) is 4.04. The van der Waals surface area contributed by atoms with E-state index in [9.17, 15) is 13.2 Å². The molecule has 3 rings (SSSR count). The van der Waals surface area contributed by atoms with Crippen LogP contribution in [0, 0.1) is 0 Å². The van der Waals surface area contributed by atoms with Crippen LogP contribution in [0.2, 0.25) is 5.02 Å². The molecule has 0 saturated heterocycles. The van der Waals surface area contributed by atoms with Crippen LogP contribution in [0.3, 0.4) is 0 Å². The fraction of sp³-hybridized carbons (Fsp3) is 0.133. The summed E-state index contributed by atoms with van der Waals surface area (Å²) in [5.74, 6) is 0.406. The normalized spacial score (nSPS) is 11.7. The molecule has 0 amide bonds. The Labute approximate surface area is 134 Å². The van der Waals surface area contributed by atoms with Gasteiger partial charge in [0, 0.05) is 10.6 Å². The lowest BCUT2D eigenvalue weighted by molar-refractivity contribution is -0.137. The van der Waals surface area contributed by atoms with Crippen LogP contribution in [0.4, 0.5) is 13.2 Å². The lowest BCUT2D eigenvalue weighted by atomic mass is 9.98. The second-order valence-electron chi connectivity index (χ2n) is 4.91. The molecule has 0 atom stereocenters. The van der Waals surface area contributed by atoms with Gasteiger partial charge in [0.15, 0.2) is 0 Å². The monoisotopic (exact) mass is 338 g/mol. The van der Waals surface area contributed by atoms with E-state index in [1.165, 1.54) is 12.1 Å². The molecule has 2 aromatic carbocycles.